The third-order valence-corrected chi connectivity index (χ3v) is 4.59. The Balaban J connectivity index is 1.64. The largest absolute Gasteiger partial charge is 0.378 e. The molecule has 0 aromatic rings. The fraction of sp³-hybridized carbons (Fsp3) is 1.00. The Hall–Kier alpha value is -0.0800. The predicted octanol–water partition coefficient (Wildman–Crippen LogP) is 3.31. The normalized spacial score (nSPS) is 32.8. The van der Waals surface area contributed by atoms with E-state index in [0.717, 1.165) is 18.4 Å². The smallest absolute Gasteiger partial charge is 0.0599 e. The fourth-order valence-corrected chi connectivity index (χ4v) is 3.37. The number of ether oxygens (including phenoxy) is 1. The Labute approximate surface area is 107 Å². The average Bonchev–Trinajstić information content (AvgIpc) is 2.35. The van der Waals surface area contributed by atoms with E-state index in [1.807, 2.05) is 0 Å². The highest BCUT2D eigenvalue weighted by molar-refractivity contribution is 4.77. The van der Waals surface area contributed by atoms with Crippen LogP contribution in [0.3, 0.4) is 0 Å². The molecule has 17 heavy (non-hydrogen) atoms. The van der Waals surface area contributed by atoms with Crippen LogP contribution in [0, 0.1) is 11.8 Å². The summed E-state index contributed by atoms with van der Waals surface area (Å²) in [5.74, 6) is 1.96. The Morgan fingerprint density at radius 3 is 2.24 bits per heavy atom. The van der Waals surface area contributed by atoms with Gasteiger partial charge in [-0.2, -0.15) is 0 Å². The molecule has 1 aliphatic carbocycles. The van der Waals surface area contributed by atoms with E-state index in [-0.39, 0.29) is 0 Å². The third kappa shape index (κ3) is 4.26. The number of hydrogen-bond acceptors (Lipinski definition) is 2. The predicted molar refractivity (Wildman–Crippen MR) is 72.2 cm³/mol. The highest BCUT2D eigenvalue weighted by Gasteiger charge is 2.24. The first kappa shape index (κ1) is 13.4. The summed E-state index contributed by atoms with van der Waals surface area (Å²) in [6.45, 7) is 9.27. The van der Waals surface area contributed by atoms with Crippen LogP contribution in [0.15, 0.2) is 0 Å². The molecule has 0 aromatic carbocycles. The summed E-state index contributed by atoms with van der Waals surface area (Å²) >= 11 is 0. The van der Waals surface area contributed by atoms with E-state index < -0.39 is 0 Å². The van der Waals surface area contributed by atoms with E-state index in [1.54, 1.807) is 0 Å². The van der Waals surface area contributed by atoms with Gasteiger partial charge in [0.1, 0.15) is 0 Å². The molecule has 0 N–H and O–H groups in total. The van der Waals surface area contributed by atoms with E-state index in [0.29, 0.717) is 6.10 Å². The molecule has 0 aromatic heterocycles. The van der Waals surface area contributed by atoms with E-state index in [2.05, 4.69) is 18.7 Å². The number of hydrogen-bond donors (Lipinski definition) is 0. The van der Waals surface area contributed by atoms with Crippen LogP contribution < -0.4 is 0 Å². The maximum atomic E-state index is 5.71. The highest BCUT2D eigenvalue weighted by atomic mass is 16.5. The molecule has 2 heteroatoms. The first-order valence-corrected chi connectivity index (χ1v) is 7.62. The summed E-state index contributed by atoms with van der Waals surface area (Å²) in [4.78, 5) is 2.68. The summed E-state index contributed by atoms with van der Waals surface area (Å²) in [6, 6.07) is 0. The zero-order valence-electron chi connectivity index (χ0n) is 11.7. The maximum Gasteiger partial charge on any atom is 0.0599 e. The van der Waals surface area contributed by atoms with Gasteiger partial charge in [0.15, 0.2) is 0 Å². The number of nitrogens with zero attached hydrogens (tertiary/aromatic N) is 1. The van der Waals surface area contributed by atoms with Crippen LogP contribution in [-0.4, -0.2) is 37.2 Å². The van der Waals surface area contributed by atoms with Crippen LogP contribution in [0.4, 0.5) is 0 Å². The van der Waals surface area contributed by atoms with Gasteiger partial charge in [-0.05, 0) is 44.4 Å². The number of rotatable bonds is 4. The number of likely N-dealkylation sites (tertiary alicyclic amines) is 1. The molecule has 1 heterocycles. The van der Waals surface area contributed by atoms with E-state index >= 15 is 0 Å². The Kier molecular flexibility index (Phi) is 5.30. The van der Waals surface area contributed by atoms with Gasteiger partial charge in [-0.25, -0.2) is 0 Å². The van der Waals surface area contributed by atoms with Gasteiger partial charge >= 0.3 is 0 Å². The van der Waals surface area contributed by atoms with Crippen molar-refractivity contribution in [1.82, 2.24) is 4.90 Å². The van der Waals surface area contributed by atoms with Crippen molar-refractivity contribution in [1.29, 1.82) is 0 Å². The average molecular weight is 239 g/mol. The fourth-order valence-electron chi connectivity index (χ4n) is 3.37. The summed E-state index contributed by atoms with van der Waals surface area (Å²) in [7, 11) is 0. The monoisotopic (exact) mass is 239 g/mol. The van der Waals surface area contributed by atoms with Crippen LogP contribution in [-0.2, 0) is 4.74 Å². The Bertz CT molecular complexity index is 203. The Morgan fingerprint density at radius 1 is 1.00 bits per heavy atom. The van der Waals surface area contributed by atoms with Crippen molar-refractivity contribution >= 4 is 0 Å². The van der Waals surface area contributed by atoms with E-state index in [1.165, 1.54) is 58.2 Å². The van der Waals surface area contributed by atoms with Crippen molar-refractivity contribution < 1.29 is 4.74 Å². The highest BCUT2D eigenvalue weighted by Crippen LogP contribution is 2.29. The molecule has 0 radical (unpaired) electrons. The first-order valence-electron chi connectivity index (χ1n) is 7.62. The van der Waals surface area contributed by atoms with E-state index in [4.69, 9.17) is 4.74 Å². The molecule has 100 valence electrons. The lowest BCUT2D eigenvalue weighted by atomic mass is 9.82. The molecule has 0 atom stereocenters. The summed E-state index contributed by atoms with van der Waals surface area (Å²) in [5.41, 5.74) is 0. The zero-order valence-corrected chi connectivity index (χ0v) is 11.7. The van der Waals surface area contributed by atoms with E-state index in [9.17, 15) is 0 Å². The molecular formula is C15H29NO. The molecule has 2 rings (SSSR count). The Morgan fingerprint density at radius 2 is 1.65 bits per heavy atom. The van der Waals surface area contributed by atoms with Crippen molar-refractivity contribution in [3.8, 4) is 0 Å². The van der Waals surface area contributed by atoms with Crippen molar-refractivity contribution in [2.45, 2.75) is 58.5 Å². The minimum absolute atomic E-state index is 0.544. The topological polar surface area (TPSA) is 12.5 Å². The van der Waals surface area contributed by atoms with Crippen LogP contribution in [0.1, 0.15) is 52.4 Å². The van der Waals surface area contributed by atoms with Gasteiger partial charge in [-0.1, -0.05) is 19.8 Å². The molecule has 0 spiro atoms. The molecular weight excluding hydrogens is 210 g/mol. The number of piperidine rings is 1. The van der Waals surface area contributed by atoms with Gasteiger partial charge < -0.3 is 9.64 Å². The van der Waals surface area contributed by atoms with Crippen molar-refractivity contribution in [2.24, 2.45) is 11.8 Å². The van der Waals surface area contributed by atoms with Gasteiger partial charge in [-0.3, -0.25) is 0 Å². The molecule has 2 fully saturated rings. The molecule has 0 bridgehead atoms. The summed E-state index contributed by atoms with van der Waals surface area (Å²) < 4.78 is 5.71. The SMILES string of the molecule is CCOC1CCN(CC2CCC(C)CC2)CC1. The van der Waals surface area contributed by atoms with Crippen molar-refractivity contribution in [2.75, 3.05) is 26.2 Å². The van der Waals surface area contributed by atoms with Crippen molar-refractivity contribution in [3.63, 3.8) is 0 Å². The summed E-state index contributed by atoms with van der Waals surface area (Å²) in [6.07, 6.45) is 8.88. The van der Waals surface area contributed by atoms with Crippen LogP contribution in [0.2, 0.25) is 0 Å². The lowest BCUT2D eigenvalue weighted by molar-refractivity contribution is 0.00932. The lowest BCUT2D eigenvalue weighted by Crippen LogP contribution is -2.40. The van der Waals surface area contributed by atoms with Crippen LogP contribution in [0.25, 0.3) is 0 Å². The van der Waals surface area contributed by atoms with Gasteiger partial charge in [0.2, 0.25) is 0 Å². The van der Waals surface area contributed by atoms with Gasteiger partial charge in [0, 0.05) is 26.2 Å². The van der Waals surface area contributed by atoms with Gasteiger partial charge in [0.25, 0.3) is 0 Å². The lowest BCUT2D eigenvalue weighted by Gasteiger charge is -2.36. The molecule has 1 aliphatic heterocycles. The molecule has 1 saturated carbocycles. The standard InChI is InChI=1S/C15H29NO/c1-3-17-15-8-10-16(11-9-15)12-14-6-4-13(2)5-7-14/h13-15H,3-12H2,1-2H3. The minimum atomic E-state index is 0.544. The maximum absolute atomic E-state index is 5.71. The molecule has 2 aliphatic rings. The second-order valence-corrected chi connectivity index (χ2v) is 6.08. The van der Waals surface area contributed by atoms with Gasteiger partial charge in [0.05, 0.1) is 6.10 Å². The summed E-state index contributed by atoms with van der Waals surface area (Å²) in [5, 5.41) is 0. The second-order valence-electron chi connectivity index (χ2n) is 6.08. The molecule has 0 amide bonds. The van der Waals surface area contributed by atoms with Crippen LogP contribution >= 0.6 is 0 Å². The first-order chi connectivity index (χ1) is 8.28. The quantitative estimate of drug-likeness (QED) is 0.746. The minimum Gasteiger partial charge on any atom is -0.378 e. The molecule has 2 nitrogen and oxygen atoms in total. The molecule has 0 unspecified atom stereocenters. The molecule has 1 saturated heterocycles. The zero-order chi connectivity index (χ0) is 12.1. The van der Waals surface area contributed by atoms with Crippen molar-refractivity contribution in [3.05, 3.63) is 0 Å². The van der Waals surface area contributed by atoms with Crippen LogP contribution in [0.5, 0.6) is 0 Å². The van der Waals surface area contributed by atoms with Gasteiger partial charge in [-0.15, -0.1) is 0 Å². The second kappa shape index (κ2) is 6.75. The third-order valence-electron chi connectivity index (χ3n) is 4.59.